The van der Waals surface area contributed by atoms with Crippen molar-refractivity contribution in [3.63, 3.8) is 0 Å². The summed E-state index contributed by atoms with van der Waals surface area (Å²) in [6.07, 6.45) is 0.652. The summed E-state index contributed by atoms with van der Waals surface area (Å²) in [6, 6.07) is 0. The summed E-state index contributed by atoms with van der Waals surface area (Å²) in [5.74, 6) is -0.660. The maximum absolute atomic E-state index is 13.0. The minimum absolute atomic E-state index is 0.156. The zero-order chi connectivity index (χ0) is 37.1. The van der Waals surface area contributed by atoms with Gasteiger partial charge >= 0.3 is 17.9 Å². The van der Waals surface area contributed by atoms with Gasteiger partial charge in [-0.2, -0.15) is 0 Å². The van der Waals surface area contributed by atoms with Crippen molar-refractivity contribution in [2.24, 2.45) is 0 Å². The van der Waals surface area contributed by atoms with Crippen LogP contribution in [0.15, 0.2) is 0 Å². The Labute approximate surface area is 299 Å². The highest BCUT2D eigenvalue weighted by Gasteiger charge is 2.31. The van der Waals surface area contributed by atoms with E-state index in [9.17, 15) is 14.4 Å². The summed E-state index contributed by atoms with van der Waals surface area (Å²) in [6.45, 7) is 36.7. The number of nitrogens with zero attached hydrogens (tertiary/aromatic N) is 4. The van der Waals surface area contributed by atoms with E-state index in [1.807, 2.05) is 58.9 Å². The lowest BCUT2D eigenvalue weighted by Crippen LogP contribution is -2.50. The molecule has 0 unspecified atom stereocenters. The largest absolute Gasteiger partial charge is 0.519 e. The molecule has 0 saturated carbocycles. The number of carbonyl (C=O) groups is 3. The van der Waals surface area contributed by atoms with Crippen molar-refractivity contribution < 1.29 is 36.1 Å². The summed E-state index contributed by atoms with van der Waals surface area (Å²) in [5.41, 5.74) is 0. The van der Waals surface area contributed by atoms with Crippen molar-refractivity contribution in [2.45, 2.75) is 98.2 Å². The zero-order valence-corrected chi connectivity index (χ0v) is 38.9. The van der Waals surface area contributed by atoms with Gasteiger partial charge in [-0.1, -0.05) is 0 Å². The molecule has 0 aliphatic carbocycles. The van der Waals surface area contributed by atoms with Gasteiger partial charge in [-0.05, 0) is 98.2 Å². The quantitative estimate of drug-likeness (QED) is 0.159. The molecule has 1 rings (SSSR count). The number of carbonyl (C=O) groups excluding carboxylic acids is 3. The molecule has 1 aliphatic rings. The van der Waals surface area contributed by atoms with Gasteiger partial charge in [0.2, 0.25) is 25.0 Å². The third kappa shape index (κ3) is 24.8. The van der Waals surface area contributed by atoms with Crippen LogP contribution in [0.1, 0.15) is 0 Å². The first-order valence-corrected chi connectivity index (χ1v) is 35.7. The van der Waals surface area contributed by atoms with Crippen LogP contribution in [0.5, 0.6) is 0 Å². The van der Waals surface area contributed by atoms with Crippen LogP contribution < -0.4 is 0 Å². The highest BCUT2D eigenvalue weighted by Crippen LogP contribution is 2.45. The fraction of sp³-hybridized carbons (Fsp3) is 0.900. The lowest BCUT2D eigenvalue weighted by atomic mass is 10.3. The van der Waals surface area contributed by atoms with E-state index in [4.69, 9.17) is 21.7 Å². The Balaban J connectivity index is 3.38. The summed E-state index contributed by atoms with van der Waals surface area (Å²) in [4.78, 5) is 47.7. The molecular weight excluding hydrogens is 716 g/mol. The molecule has 0 spiro atoms. The van der Waals surface area contributed by atoms with Crippen LogP contribution in [-0.2, 0) is 36.1 Å². The second-order valence-electron chi connectivity index (χ2n) is 17.6. The van der Waals surface area contributed by atoms with E-state index in [1.54, 1.807) is 0 Å². The molecule has 0 amide bonds. The molecule has 1 heterocycles. The molecule has 18 heteroatoms. The Bertz CT molecular complexity index is 967. The van der Waals surface area contributed by atoms with E-state index < -0.39 is 50.0 Å². The predicted molar refractivity (Wildman–Crippen MR) is 210 cm³/mol. The topological polar surface area (TPSA) is 110 Å². The van der Waals surface area contributed by atoms with Crippen LogP contribution in [0.4, 0.5) is 0 Å². The van der Waals surface area contributed by atoms with Crippen LogP contribution in [0, 0.1) is 0 Å². The van der Waals surface area contributed by atoms with Crippen LogP contribution in [0.2, 0.25) is 98.2 Å². The van der Waals surface area contributed by atoms with Gasteiger partial charge in [-0.15, -0.1) is 0 Å². The number of hydrogen-bond acceptors (Lipinski definition) is 12. The van der Waals surface area contributed by atoms with E-state index in [0.29, 0.717) is 58.6 Å². The molecule has 0 bridgehead atoms. The number of hydrogen-bond donors (Lipinski definition) is 0. The van der Waals surface area contributed by atoms with E-state index in [-0.39, 0.29) is 37.5 Å². The summed E-state index contributed by atoms with van der Waals surface area (Å²) < 4.78 is 30.7. The SMILES string of the molecule is C[Si](C)(C)OC(=O)CN1CCN(CC(=O)O[Si](C)(C)C)CCN(CP(O[Si](C)(C)C)O[Si](C)(C)C)CCN(CC(=O)O[Si](C)(C)C)CC1. The van der Waals surface area contributed by atoms with E-state index in [2.05, 4.69) is 58.9 Å². The van der Waals surface area contributed by atoms with Gasteiger partial charge in [0, 0.05) is 52.4 Å². The first kappa shape index (κ1) is 45.7. The molecule has 1 saturated heterocycles. The molecular formula is C30H69N4O8PSi5. The third-order valence-corrected chi connectivity index (χ3v) is 15.5. The molecule has 0 aromatic rings. The van der Waals surface area contributed by atoms with E-state index in [1.165, 1.54) is 0 Å². The van der Waals surface area contributed by atoms with Gasteiger partial charge in [-0.25, -0.2) is 0 Å². The molecule has 1 fully saturated rings. The normalized spacial score (nSPS) is 18.2. The Morgan fingerprint density at radius 2 is 0.646 bits per heavy atom. The van der Waals surface area contributed by atoms with Gasteiger partial charge in [-0.3, -0.25) is 34.0 Å². The van der Waals surface area contributed by atoms with Crippen molar-refractivity contribution in [1.82, 2.24) is 19.6 Å². The van der Waals surface area contributed by atoms with Gasteiger partial charge < -0.3 is 21.7 Å². The fourth-order valence-corrected chi connectivity index (χ4v) is 13.4. The predicted octanol–water partition coefficient (Wildman–Crippen LogP) is 5.31. The molecule has 0 radical (unpaired) electrons. The average Bonchev–Trinajstić information content (AvgIpc) is 2.79. The summed E-state index contributed by atoms with van der Waals surface area (Å²) in [7, 11) is -11.1. The molecule has 0 aromatic carbocycles. The number of rotatable bonds is 15. The smallest absolute Gasteiger partial charge is 0.306 e. The zero-order valence-electron chi connectivity index (χ0n) is 33.0. The molecule has 282 valence electrons. The van der Waals surface area contributed by atoms with Crippen molar-refractivity contribution in [3.05, 3.63) is 0 Å². The fourth-order valence-electron chi connectivity index (χ4n) is 4.71. The molecule has 48 heavy (non-hydrogen) atoms. The van der Waals surface area contributed by atoms with Crippen molar-refractivity contribution in [2.75, 3.05) is 78.3 Å². The molecule has 0 N–H and O–H groups in total. The van der Waals surface area contributed by atoms with Gasteiger partial charge in [0.1, 0.15) is 0 Å². The monoisotopic (exact) mass is 784 g/mol. The van der Waals surface area contributed by atoms with Crippen molar-refractivity contribution in [3.8, 4) is 0 Å². The Morgan fingerprint density at radius 3 is 0.854 bits per heavy atom. The second kappa shape index (κ2) is 19.5. The van der Waals surface area contributed by atoms with Crippen molar-refractivity contribution in [1.29, 1.82) is 0 Å². The summed E-state index contributed by atoms with van der Waals surface area (Å²) in [5, 5.41) is 0. The van der Waals surface area contributed by atoms with E-state index in [0.717, 1.165) is 0 Å². The van der Waals surface area contributed by atoms with Crippen molar-refractivity contribution >= 4 is 67.9 Å². The molecule has 0 aromatic heterocycles. The molecule has 12 nitrogen and oxygen atoms in total. The highest BCUT2D eigenvalue weighted by molar-refractivity contribution is 7.50. The molecule has 0 atom stereocenters. The first-order chi connectivity index (χ1) is 21.6. The Hall–Kier alpha value is -0.316. The van der Waals surface area contributed by atoms with Gasteiger partial charge in [0.25, 0.3) is 0 Å². The maximum atomic E-state index is 13.0. The minimum Gasteiger partial charge on any atom is -0.519 e. The lowest BCUT2D eigenvalue weighted by molar-refractivity contribution is -0.138. The van der Waals surface area contributed by atoms with Crippen LogP contribution in [-0.4, -0.2) is 157 Å². The Morgan fingerprint density at radius 1 is 0.417 bits per heavy atom. The van der Waals surface area contributed by atoms with Crippen LogP contribution in [0.25, 0.3) is 0 Å². The van der Waals surface area contributed by atoms with Crippen LogP contribution >= 0.6 is 8.38 Å². The molecule has 1 aliphatic heterocycles. The van der Waals surface area contributed by atoms with Crippen LogP contribution in [0.3, 0.4) is 0 Å². The second-order valence-corrected chi connectivity index (χ2v) is 41.7. The standard InChI is InChI=1S/C30H69N4O8PSi5/c1-44(2,3)38-28(35)24-31-16-18-32(25-29(36)39-45(4,5)6)20-22-34(27-43(41-47(10,11)12)42-48(13,14)15)23-21-33(19-17-31)26-30(37)40-46(7,8)9/h16-27H2,1-15H3. The highest BCUT2D eigenvalue weighted by atomic mass is 31.2. The minimum atomic E-state index is -2.06. The maximum Gasteiger partial charge on any atom is 0.306 e. The third-order valence-electron chi connectivity index (χ3n) is 6.31. The first-order valence-electron chi connectivity index (χ1n) is 17.3. The lowest BCUT2D eigenvalue weighted by Gasteiger charge is -2.37. The van der Waals surface area contributed by atoms with Gasteiger partial charge in [0.15, 0.2) is 25.0 Å². The average molecular weight is 785 g/mol. The van der Waals surface area contributed by atoms with E-state index >= 15 is 0 Å². The summed E-state index contributed by atoms with van der Waals surface area (Å²) >= 11 is 0. The Kier molecular flexibility index (Phi) is 18.6. The van der Waals surface area contributed by atoms with Gasteiger partial charge in [0.05, 0.1) is 25.9 Å².